The Labute approximate surface area is 147 Å². The number of thiazole rings is 2. The fourth-order valence-electron chi connectivity index (χ4n) is 1.90. The molecular formula is C14H2F8N2S2. The lowest BCUT2D eigenvalue weighted by Crippen LogP contribution is -2.04. The van der Waals surface area contributed by atoms with Gasteiger partial charge in [0.2, 0.25) is 11.9 Å². The molecule has 26 heavy (non-hydrogen) atoms. The van der Waals surface area contributed by atoms with Crippen LogP contribution in [0.25, 0.3) is 21.1 Å². The second-order valence-electron chi connectivity index (χ2n) is 4.65. The van der Waals surface area contributed by atoms with Gasteiger partial charge in [-0.15, -0.1) is 22.7 Å². The number of halogens is 8. The quantitative estimate of drug-likeness (QED) is 0.492. The molecule has 0 saturated carbocycles. The average Bonchev–Trinajstić information content (AvgIpc) is 3.09. The summed E-state index contributed by atoms with van der Waals surface area (Å²) in [6.45, 7) is 0. The molecule has 2 radical (unpaired) electrons. The second-order valence-corrected chi connectivity index (χ2v) is 6.64. The van der Waals surface area contributed by atoms with Crippen LogP contribution in [0.4, 0.5) is 35.1 Å². The van der Waals surface area contributed by atoms with E-state index < -0.39 is 44.0 Å². The Kier molecular flexibility index (Phi) is 4.51. The highest BCUT2D eigenvalue weighted by Gasteiger charge is 2.39. The molecule has 2 heterocycles. The molecule has 3 aromatic rings. The van der Waals surface area contributed by atoms with E-state index in [1.54, 1.807) is 0 Å². The Morgan fingerprint density at radius 3 is 1.31 bits per heavy atom. The van der Waals surface area contributed by atoms with Crippen molar-refractivity contribution < 1.29 is 35.1 Å². The van der Waals surface area contributed by atoms with Crippen LogP contribution < -0.4 is 0 Å². The van der Waals surface area contributed by atoms with E-state index in [4.69, 9.17) is 0 Å². The third-order valence-electron chi connectivity index (χ3n) is 2.90. The predicted octanol–water partition coefficient (Wildman–Crippen LogP) is 5.85. The van der Waals surface area contributed by atoms with E-state index in [9.17, 15) is 35.1 Å². The largest absolute Gasteiger partial charge is 0.430 e. The van der Waals surface area contributed by atoms with E-state index in [0.29, 0.717) is 0 Å². The lowest BCUT2D eigenvalue weighted by atomic mass is 10.1. The van der Waals surface area contributed by atoms with Crippen LogP contribution in [0.15, 0.2) is 12.1 Å². The zero-order chi connectivity index (χ0) is 19.3. The maximum absolute atomic E-state index is 13.5. The van der Waals surface area contributed by atoms with Gasteiger partial charge >= 0.3 is 12.4 Å². The molecule has 0 aliphatic rings. The standard InChI is InChI=1S/C14H2F8N2S2/c15-9-7(13(17,18)19)25-11(23-9)5-3-1-2-4-6(5)12-24-10(16)8(26-12)14(20,21)22/h1-2H. The highest BCUT2D eigenvalue weighted by Crippen LogP contribution is 2.43. The lowest BCUT2D eigenvalue weighted by Gasteiger charge is -2.03. The molecule has 1 aromatic carbocycles. The summed E-state index contributed by atoms with van der Waals surface area (Å²) in [6, 6.07) is 7.30. The molecule has 0 unspecified atom stereocenters. The molecule has 0 aliphatic carbocycles. The molecule has 0 atom stereocenters. The van der Waals surface area contributed by atoms with Crippen LogP contribution in [-0.4, -0.2) is 9.97 Å². The number of benzene rings is 1. The van der Waals surface area contributed by atoms with Gasteiger partial charge in [0.25, 0.3) is 0 Å². The van der Waals surface area contributed by atoms with E-state index >= 15 is 0 Å². The molecule has 2 aromatic heterocycles. The van der Waals surface area contributed by atoms with Gasteiger partial charge < -0.3 is 0 Å². The summed E-state index contributed by atoms with van der Waals surface area (Å²) in [5.74, 6) is -3.55. The van der Waals surface area contributed by atoms with Gasteiger partial charge in [-0.1, -0.05) is 12.1 Å². The summed E-state index contributed by atoms with van der Waals surface area (Å²) in [5.41, 5.74) is -0.538. The summed E-state index contributed by atoms with van der Waals surface area (Å²) in [5, 5.41) is -0.989. The summed E-state index contributed by atoms with van der Waals surface area (Å²) in [7, 11) is 0. The van der Waals surface area contributed by atoms with Crippen molar-refractivity contribution >= 4 is 22.7 Å². The van der Waals surface area contributed by atoms with Gasteiger partial charge in [0.05, 0.1) is 0 Å². The average molecular weight is 414 g/mol. The van der Waals surface area contributed by atoms with Crippen LogP contribution in [0.2, 0.25) is 0 Å². The minimum Gasteiger partial charge on any atom is -0.207 e. The van der Waals surface area contributed by atoms with Crippen LogP contribution in [0.3, 0.4) is 0 Å². The second kappa shape index (κ2) is 6.27. The van der Waals surface area contributed by atoms with Crippen molar-refractivity contribution in [2.24, 2.45) is 0 Å². The maximum Gasteiger partial charge on any atom is 0.430 e. The summed E-state index contributed by atoms with van der Waals surface area (Å²) in [6.07, 6.45) is -9.98. The molecule has 12 heteroatoms. The number of rotatable bonds is 2. The molecule has 136 valence electrons. The first-order valence-corrected chi connectivity index (χ1v) is 8.02. The highest BCUT2D eigenvalue weighted by atomic mass is 32.1. The van der Waals surface area contributed by atoms with Crippen LogP contribution >= 0.6 is 22.7 Å². The summed E-state index contributed by atoms with van der Waals surface area (Å²) >= 11 is -0.113. The molecule has 0 saturated heterocycles. The Morgan fingerprint density at radius 1 is 0.692 bits per heavy atom. The zero-order valence-corrected chi connectivity index (χ0v) is 13.5. The number of hydrogen-bond acceptors (Lipinski definition) is 4. The Hall–Kier alpha value is -2.08. The highest BCUT2D eigenvalue weighted by molar-refractivity contribution is 7.16. The summed E-state index contributed by atoms with van der Waals surface area (Å²) < 4.78 is 103. The van der Waals surface area contributed by atoms with Crippen molar-refractivity contribution in [3.05, 3.63) is 45.9 Å². The molecule has 0 aliphatic heterocycles. The maximum atomic E-state index is 13.5. The van der Waals surface area contributed by atoms with Crippen molar-refractivity contribution in [3.8, 4) is 21.1 Å². The molecule has 2 nitrogen and oxygen atoms in total. The van der Waals surface area contributed by atoms with Gasteiger partial charge in [-0.3, -0.25) is 0 Å². The van der Waals surface area contributed by atoms with Gasteiger partial charge in [-0.05, 0) is 12.1 Å². The van der Waals surface area contributed by atoms with E-state index in [2.05, 4.69) is 22.1 Å². The number of hydrogen-bond donors (Lipinski definition) is 0. The number of aromatic nitrogens is 2. The fraction of sp³-hybridized carbons (Fsp3) is 0.143. The SMILES string of the molecule is Fc1nc(-c2[c]cc[c]c2-c2nc(F)c(C(F)(F)F)s2)sc1C(F)(F)F. The summed E-state index contributed by atoms with van der Waals surface area (Å²) in [4.78, 5) is 3.11. The number of alkyl halides is 6. The van der Waals surface area contributed by atoms with Crippen molar-refractivity contribution in [2.75, 3.05) is 0 Å². The first-order chi connectivity index (χ1) is 12.0. The van der Waals surface area contributed by atoms with E-state index in [1.165, 1.54) is 12.1 Å². The molecule has 0 bridgehead atoms. The molecule has 3 rings (SSSR count). The normalized spacial score (nSPS) is 12.6. The smallest absolute Gasteiger partial charge is 0.207 e. The van der Waals surface area contributed by atoms with Gasteiger partial charge in [0.15, 0.2) is 9.75 Å². The van der Waals surface area contributed by atoms with E-state index in [1.807, 2.05) is 0 Å². The van der Waals surface area contributed by atoms with Crippen LogP contribution in [0.5, 0.6) is 0 Å². The third kappa shape index (κ3) is 3.43. The zero-order valence-electron chi connectivity index (χ0n) is 11.9. The molecule has 0 spiro atoms. The van der Waals surface area contributed by atoms with Crippen LogP contribution in [0.1, 0.15) is 9.75 Å². The molecule has 0 amide bonds. The van der Waals surface area contributed by atoms with Crippen LogP contribution in [-0.2, 0) is 12.4 Å². The monoisotopic (exact) mass is 414 g/mol. The topological polar surface area (TPSA) is 25.8 Å². The van der Waals surface area contributed by atoms with Gasteiger partial charge in [0, 0.05) is 11.1 Å². The first kappa shape index (κ1) is 18.7. The van der Waals surface area contributed by atoms with Crippen molar-refractivity contribution in [1.82, 2.24) is 9.97 Å². The minimum absolute atomic E-state index is 0.0566. The van der Waals surface area contributed by atoms with Gasteiger partial charge in [0.1, 0.15) is 10.0 Å². The molecule has 0 fully saturated rings. The van der Waals surface area contributed by atoms with Crippen LogP contribution in [0, 0.1) is 24.0 Å². The molecular weight excluding hydrogens is 412 g/mol. The van der Waals surface area contributed by atoms with Crippen molar-refractivity contribution in [3.63, 3.8) is 0 Å². The van der Waals surface area contributed by atoms with E-state index in [0.717, 1.165) is 0 Å². The first-order valence-electron chi connectivity index (χ1n) is 6.38. The van der Waals surface area contributed by atoms with E-state index in [-0.39, 0.29) is 33.8 Å². The Balaban J connectivity index is 2.14. The van der Waals surface area contributed by atoms with Gasteiger partial charge in [-0.2, -0.15) is 35.1 Å². The third-order valence-corrected chi connectivity index (χ3v) is 5.09. The molecule has 0 N–H and O–H groups in total. The fourth-order valence-corrected chi connectivity index (χ4v) is 3.55. The predicted molar refractivity (Wildman–Crippen MR) is 76.2 cm³/mol. The lowest BCUT2D eigenvalue weighted by molar-refractivity contribution is -0.137. The minimum atomic E-state index is -4.99. The number of nitrogens with zero attached hydrogens (tertiary/aromatic N) is 2. The Morgan fingerprint density at radius 2 is 1.04 bits per heavy atom. The van der Waals surface area contributed by atoms with Gasteiger partial charge in [-0.25, -0.2) is 9.97 Å². The van der Waals surface area contributed by atoms with Crippen molar-refractivity contribution in [2.45, 2.75) is 12.4 Å². The van der Waals surface area contributed by atoms with Crippen molar-refractivity contribution in [1.29, 1.82) is 0 Å². The Bertz CT molecular complexity index is 877.